The maximum atomic E-state index is 12.0. The van der Waals surface area contributed by atoms with Gasteiger partial charge in [-0.15, -0.1) is 0 Å². The Bertz CT molecular complexity index is 708. The molecule has 6 heteroatoms. The fraction of sp³-hybridized carbons (Fsp3) is 0.200. The fourth-order valence-electron chi connectivity index (χ4n) is 2.03. The summed E-state index contributed by atoms with van der Waals surface area (Å²) < 4.78 is 2.60. The van der Waals surface area contributed by atoms with E-state index in [-0.39, 0.29) is 11.1 Å². The molecule has 21 heavy (non-hydrogen) atoms. The van der Waals surface area contributed by atoms with Gasteiger partial charge in [-0.2, -0.15) is 0 Å². The number of carboxylic acids is 1. The first-order chi connectivity index (χ1) is 10.0. The predicted molar refractivity (Wildman–Crippen MR) is 88.1 cm³/mol. The number of aromatic carboxylic acids is 1. The molecule has 2 rings (SSSR count). The van der Waals surface area contributed by atoms with Crippen molar-refractivity contribution >= 4 is 37.8 Å². The zero-order valence-electron chi connectivity index (χ0n) is 11.1. The van der Waals surface area contributed by atoms with Crippen molar-refractivity contribution in [3.05, 3.63) is 68.0 Å². The van der Waals surface area contributed by atoms with E-state index in [2.05, 4.69) is 31.9 Å². The minimum atomic E-state index is -0.939. The van der Waals surface area contributed by atoms with Crippen LogP contribution in [0, 0.1) is 0 Å². The Kier molecular flexibility index (Phi) is 5.36. The van der Waals surface area contributed by atoms with Crippen LogP contribution in [0.15, 0.2) is 45.7 Å². The van der Waals surface area contributed by atoms with E-state index in [0.29, 0.717) is 18.3 Å². The van der Waals surface area contributed by atoms with Crippen LogP contribution in [0.25, 0.3) is 0 Å². The van der Waals surface area contributed by atoms with E-state index in [1.807, 2.05) is 0 Å². The summed E-state index contributed by atoms with van der Waals surface area (Å²) in [6.07, 6.45) is 0.663. The van der Waals surface area contributed by atoms with Crippen LogP contribution >= 0.6 is 31.9 Å². The van der Waals surface area contributed by atoms with E-state index < -0.39 is 5.97 Å². The Balaban J connectivity index is 2.18. The summed E-state index contributed by atoms with van der Waals surface area (Å²) in [5, 5.41) is 9.45. The van der Waals surface area contributed by atoms with E-state index in [1.54, 1.807) is 34.9 Å². The van der Waals surface area contributed by atoms with E-state index in [4.69, 9.17) is 5.11 Å². The molecule has 0 saturated heterocycles. The highest BCUT2D eigenvalue weighted by Crippen LogP contribution is 2.17. The third-order valence-electron chi connectivity index (χ3n) is 3.19. The van der Waals surface area contributed by atoms with Gasteiger partial charge in [0.15, 0.2) is 0 Å². The van der Waals surface area contributed by atoms with Gasteiger partial charge in [-0.05, 0) is 46.1 Å². The quantitative estimate of drug-likeness (QED) is 0.762. The summed E-state index contributed by atoms with van der Waals surface area (Å²) in [5.74, 6) is -0.939. The van der Waals surface area contributed by atoms with Crippen molar-refractivity contribution in [2.45, 2.75) is 18.3 Å². The van der Waals surface area contributed by atoms with Gasteiger partial charge in [0.05, 0.1) is 5.56 Å². The molecule has 1 aromatic carbocycles. The molecule has 0 aliphatic heterocycles. The monoisotopic (exact) mass is 413 g/mol. The first-order valence-electron chi connectivity index (χ1n) is 6.29. The first kappa shape index (κ1) is 16.0. The number of pyridine rings is 1. The molecule has 0 atom stereocenters. The highest BCUT2D eigenvalue weighted by atomic mass is 79.9. The molecule has 0 spiro atoms. The Morgan fingerprint density at radius 2 is 1.81 bits per heavy atom. The van der Waals surface area contributed by atoms with Crippen LogP contribution in [0.1, 0.15) is 21.6 Å². The molecule has 0 amide bonds. The van der Waals surface area contributed by atoms with Gasteiger partial charge in [-0.1, -0.05) is 28.1 Å². The normalized spacial score (nSPS) is 10.6. The number of nitrogens with zero attached hydrogens (tertiary/aromatic N) is 1. The molecule has 110 valence electrons. The van der Waals surface area contributed by atoms with Gasteiger partial charge in [0.1, 0.15) is 0 Å². The highest BCUT2D eigenvalue weighted by Gasteiger charge is 2.08. The molecule has 4 nitrogen and oxygen atoms in total. The van der Waals surface area contributed by atoms with Crippen molar-refractivity contribution in [2.75, 3.05) is 0 Å². The molecule has 0 radical (unpaired) electrons. The van der Waals surface area contributed by atoms with Gasteiger partial charge in [0, 0.05) is 28.1 Å². The third-order valence-corrected chi connectivity index (χ3v) is 4.44. The zero-order chi connectivity index (χ0) is 15.4. The summed E-state index contributed by atoms with van der Waals surface area (Å²) in [7, 11) is 0. The van der Waals surface area contributed by atoms with Gasteiger partial charge in [0.25, 0.3) is 5.56 Å². The topological polar surface area (TPSA) is 59.3 Å². The van der Waals surface area contributed by atoms with Gasteiger partial charge in [-0.25, -0.2) is 4.79 Å². The molecule has 1 heterocycles. The first-order valence-corrected chi connectivity index (χ1v) is 8.21. The lowest BCUT2D eigenvalue weighted by molar-refractivity contribution is 0.0697. The van der Waals surface area contributed by atoms with Crippen molar-refractivity contribution in [3.8, 4) is 0 Å². The van der Waals surface area contributed by atoms with Crippen LogP contribution in [0.5, 0.6) is 0 Å². The minimum absolute atomic E-state index is 0.0465. The molecule has 2 aromatic rings. The van der Waals surface area contributed by atoms with Crippen LogP contribution in [-0.2, 0) is 18.3 Å². The Morgan fingerprint density at radius 1 is 1.14 bits per heavy atom. The molecule has 0 fully saturated rings. The van der Waals surface area contributed by atoms with Crippen molar-refractivity contribution in [2.24, 2.45) is 0 Å². The van der Waals surface area contributed by atoms with E-state index in [9.17, 15) is 9.59 Å². The average molecular weight is 415 g/mol. The summed E-state index contributed by atoms with van der Waals surface area (Å²) in [6.45, 7) is 0.547. The number of carboxylic acid groups (broad SMARTS) is 1. The lowest BCUT2D eigenvalue weighted by atomic mass is 10.1. The molecular formula is C15H13Br2NO3. The molecular weight excluding hydrogens is 402 g/mol. The van der Waals surface area contributed by atoms with Crippen molar-refractivity contribution in [1.29, 1.82) is 0 Å². The number of halogens is 2. The van der Waals surface area contributed by atoms with Crippen LogP contribution in [-0.4, -0.2) is 15.6 Å². The summed E-state index contributed by atoms with van der Waals surface area (Å²) >= 11 is 6.83. The Morgan fingerprint density at radius 3 is 2.38 bits per heavy atom. The lowest BCUT2D eigenvalue weighted by Gasteiger charge is -2.12. The van der Waals surface area contributed by atoms with Gasteiger partial charge >= 0.3 is 5.97 Å². The number of carbonyl (C=O) groups is 1. The van der Waals surface area contributed by atoms with Crippen molar-refractivity contribution in [3.63, 3.8) is 0 Å². The van der Waals surface area contributed by atoms with Gasteiger partial charge < -0.3 is 9.67 Å². The molecule has 0 saturated carbocycles. The number of hydrogen-bond donors (Lipinski definition) is 1. The number of benzene rings is 1. The smallest absolute Gasteiger partial charge is 0.335 e. The predicted octanol–water partition coefficient (Wildman–Crippen LogP) is 3.45. The molecule has 1 aromatic heterocycles. The van der Waals surface area contributed by atoms with Gasteiger partial charge in [0.2, 0.25) is 0 Å². The largest absolute Gasteiger partial charge is 0.478 e. The minimum Gasteiger partial charge on any atom is -0.478 e. The lowest BCUT2D eigenvalue weighted by Crippen LogP contribution is -2.23. The van der Waals surface area contributed by atoms with Gasteiger partial charge in [-0.3, -0.25) is 4.79 Å². The molecule has 0 aliphatic rings. The summed E-state index contributed by atoms with van der Waals surface area (Å²) in [6, 6.07) is 9.99. The van der Waals surface area contributed by atoms with E-state index in [1.165, 1.54) is 6.07 Å². The number of alkyl halides is 1. The van der Waals surface area contributed by atoms with Crippen LogP contribution in [0.3, 0.4) is 0 Å². The zero-order valence-corrected chi connectivity index (χ0v) is 14.2. The third kappa shape index (κ3) is 3.83. The summed E-state index contributed by atoms with van der Waals surface area (Å²) in [4.78, 5) is 22.8. The van der Waals surface area contributed by atoms with Crippen LogP contribution in [0.2, 0.25) is 0 Å². The van der Waals surface area contributed by atoms with Crippen LogP contribution < -0.4 is 5.56 Å². The highest BCUT2D eigenvalue weighted by molar-refractivity contribution is 9.10. The number of aryl methyl sites for hydroxylation is 1. The fourth-order valence-corrected chi connectivity index (χ4v) is 3.50. The van der Waals surface area contributed by atoms with Crippen molar-refractivity contribution in [1.82, 2.24) is 4.57 Å². The van der Waals surface area contributed by atoms with Crippen molar-refractivity contribution < 1.29 is 9.90 Å². The Labute approximate surface area is 138 Å². The average Bonchev–Trinajstić information content (AvgIpc) is 2.48. The second kappa shape index (κ2) is 7.04. The molecule has 0 bridgehead atoms. The second-order valence-electron chi connectivity index (χ2n) is 4.50. The maximum Gasteiger partial charge on any atom is 0.335 e. The SMILES string of the molecule is O=C(O)c1ccc(CCn2c(CBr)c(Br)ccc2=O)cc1. The van der Waals surface area contributed by atoms with E-state index >= 15 is 0 Å². The van der Waals surface area contributed by atoms with Crippen LogP contribution in [0.4, 0.5) is 0 Å². The number of rotatable bonds is 5. The van der Waals surface area contributed by atoms with E-state index in [0.717, 1.165) is 15.7 Å². The Hall–Kier alpha value is -1.40. The molecule has 0 unspecified atom stereocenters. The summed E-state index contributed by atoms with van der Waals surface area (Å²) in [5.41, 5.74) is 2.10. The molecule has 1 N–H and O–H groups in total. The maximum absolute atomic E-state index is 12.0. The second-order valence-corrected chi connectivity index (χ2v) is 5.92. The molecule has 0 aliphatic carbocycles. The number of aromatic nitrogens is 1. The standard InChI is InChI=1S/C15H13Br2NO3/c16-9-13-12(17)5-6-14(19)18(13)8-7-10-1-3-11(4-2-10)15(20)21/h1-6H,7-9H2,(H,20,21). The number of hydrogen-bond acceptors (Lipinski definition) is 2.